The van der Waals surface area contributed by atoms with Gasteiger partial charge in [-0.3, -0.25) is 19.1 Å². The Morgan fingerprint density at radius 3 is 2.69 bits per heavy atom. The Hall–Kier alpha value is -4.27. The molecule has 4 aromatic heterocycles. The molecule has 35 heavy (non-hydrogen) atoms. The average molecular weight is 469 g/mol. The maximum atomic E-state index is 13.4. The largest absolute Gasteiger partial charge is 0.465 e. The molecule has 2 atom stereocenters. The van der Waals surface area contributed by atoms with Gasteiger partial charge in [0.25, 0.3) is 0 Å². The molecule has 0 spiro atoms. The topological polar surface area (TPSA) is 106 Å². The Morgan fingerprint density at radius 2 is 1.89 bits per heavy atom. The monoisotopic (exact) mass is 468 g/mol. The van der Waals surface area contributed by atoms with Gasteiger partial charge in [-0.25, -0.2) is 14.6 Å². The van der Waals surface area contributed by atoms with Gasteiger partial charge in [0.1, 0.15) is 5.52 Å². The zero-order valence-electron chi connectivity index (χ0n) is 19.4. The number of fused-ring (bicyclic) bond motifs is 4. The lowest BCUT2D eigenvalue weighted by Crippen LogP contribution is -2.45. The van der Waals surface area contributed by atoms with E-state index >= 15 is 0 Å². The summed E-state index contributed by atoms with van der Waals surface area (Å²) in [5.74, 6) is 0. The second-order valence-electron chi connectivity index (χ2n) is 9.19. The van der Waals surface area contributed by atoms with E-state index in [-0.39, 0.29) is 17.8 Å². The molecule has 9 heteroatoms. The van der Waals surface area contributed by atoms with Gasteiger partial charge in [0, 0.05) is 42.8 Å². The molecule has 0 aliphatic carbocycles. The van der Waals surface area contributed by atoms with Crippen molar-refractivity contribution in [3.05, 3.63) is 65.3 Å². The second-order valence-corrected chi connectivity index (χ2v) is 9.19. The van der Waals surface area contributed by atoms with Crippen molar-refractivity contribution < 1.29 is 9.90 Å². The van der Waals surface area contributed by atoms with Crippen LogP contribution in [0.3, 0.4) is 0 Å². The summed E-state index contributed by atoms with van der Waals surface area (Å²) in [7, 11) is 1.74. The Kier molecular flexibility index (Phi) is 4.80. The minimum atomic E-state index is -0.925. The highest BCUT2D eigenvalue weighted by atomic mass is 16.4. The Labute approximate surface area is 200 Å². The summed E-state index contributed by atoms with van der Waals surface area (Å²) in [4.78, 5) is 40.5. The van der Waals surface area contributed by atoms with E-state index in [1.807, 2.05) is 49.5 Å². The molecule has 5 heterocycles. The van der Waals surface area contributed by atoms with Crippen molar-refractivity contribution in [2.75, 3.05) is 6.54 Å². The van der Waals surface area contributed by atoms with Crippen LogP contribution in [-0.2, 0) is 7.05 Å². The van der Waals surface area contributed by atoms with E-state index in [9.17, 15) is 14.7 Å². The summed E-state index contributed by atoms with van der Waals surface area (Å²) in [5.41, 5.74) is 5.20. The summed E-state index contributed by atoms with van der Waals surface area (Å²) in [6, 6.07) is 13.5. The fourth-order valence-electron chi connectivity index (χ4n) is 5.26. The second kappa shape index (κ2) is 7.90. The molecular weight excluding hydrogens is 444 g/mol. The summed E-state index contributed by atoms with van der Waals surface area (Å²) >= 11 is 0. The number of benzene rings is 1. The van der Waals surface area contributed by atoms with E-state index in [0.29, 0.717) is 35.9 Å². The minimum absolute atomic E-state index is 0.129. The van der Waals surface area contributed by atoms with Gasteiger partial charge in [-0.15, -0.1) is 0 Å². The quantitative estimate of drug-likeness (QED) is 0.416. The molecular formula is C26H24N6O3. The number of likely N-dealkylation sites (tertiary alicyclic amines) is 1. The zero-order valence-corrected chi connectivity index (χ0v) is 19.4. The fraction of sp³-hybridized carbons (Fsp3) is 0.269. The van der Waals surface area contributed by atoms with E-state index in [2.05, 4.69) is 16.0 Å². The van der Waals surface area contributed by atoms with Crippen molar-refractivity contribution in [1.82, 2.24) is 29.0 Å². The van der Waals surface area contributed by atoms with Crippen LogP contribution >= 0.6 is 0 Å². The Balaban J connectivity index is 1.53. The molecule has 0 bridgehead atoms. The molecule has 1 N–H and O–H groups in total. The van der Waals surface area contributed by atoms with Crippen LogP contribution in [0.25, 0.3) is 44.2 Å². The Bertz CT molecular complexity index is 1690. The molecule has 1 aliphatic heterocycles. The number of hydrogen-bond donors (Lipinski definition) is 1. The summed E-state index contributed by atoms with van der Waals surface area (Å²) in [6.07, 6.45) is 3.72. The lowest BCUT2D eigenvalue weighted by molar-refractivity contribution is 0.0978. The first-order valence-electron chi connectivity index (χ1n) is 11.6. The van der Waals surface area contributed by atoms with Crippen LogP contribution < -0.4 is 5.69 Å². The number of pyridine rings is 3. The number of aryl methyl sites for hydroxylation is 1. The molecule has 0 saturated carbocycles. The normalized spacial score (nSPS) is 18.5. The lowest BCUT2D eigenvalue weighted by atomic mass is 9.98. The summed E-state index contributed by atoms with van der Waals surface area (Å²) in [5, 5.41) is 10.5. The van der Waals surface area contributed by atoms with Gasteiger partial charge in [-0.05, 0) is 44.0 Å². The predicted molar refractivity (Wildman–Crippen MR) is 133 cm³/mol. The van der Waals surface area contributed by atoms with E-state index < -0.39 is 6.09 Å². The fourth-order valence-corrected chi connectivity index (χ4v) is 5.26. The molecule has 1 amide bonds. The highest BCUT2D eigenvalue weighted by Gasteiger charge is 2.32. The van der Waals surface area contributed by atoms with Crippen molar-refractivity contribution in [1.29, 1.82) is 0 Å². The number of rotatable bonds is 2. The molecule has 9 nitrogen and oxygen atoms in total. The number of carbonyl (C=O) groups is 1. The standard InChI is InChI=1S/C26H24N6O3/c1-15-11-18(9-10-31(15)26(34)35)32-24-22(30(2)25(32)33)14-28-21-8-7-20(29-23(21)24)17-12-16-5-3-4-6-19(16)27-13-17/h3-8,12-15,18H,9-11H2,1-2H3,(H,34,35). The number of amides is 1. The Morgan fingerprint density at radius 1 is 1.09 bits per heavy atom. The maximum Gasteiger partial charge on any atom is 0.407 e. The number of para-hydroxylation sites is 1. The average Bonchev–Trinajstić information content (AvgIpc) is 3.13. The van der Waals surface area contributed by atoms with Crippen LogP contribution in [-0.4, -0.2) is 52.8 Å². The number of aromatic nitrogens is 5. The molecule has 176 valence electrons. The SMILES string of the molecule is CC1CC(n2c(=O)n(C)c3cnc4ccc(-c5cnc6ccccc6c5)nc4c32)CCN1C(=O)O. The first-order valence-corrected chi connectivity index (χ1v) is 11.6. The molecule has 1 fully saturated rings. The van der Waals surface area contributed by atoms with Gasteiger partial charge in [0.05, 0.1) is 34.0 Å². The van der Waals surface area contributed by atoms with Crippen LogP contribution in [0, 0.1) is 0 Å². The van der Waals surface area contributed by atoms with Gasteiger partial charge in [-0.1, -0.05) is 18.2 Å². The number of imidazole rings is 1. The summed E-state index contributed by atoms with van der Waals surface area (Å²) < 4.78 is 3.40. The van der Waals surface area contributed by atoms with Crippen LogP contribution in [0.15, 0.2) is 59.7 Å². The third kappa shape index (κ3) is 3.34. The van der Waals surface area contributed by atoms with E-state index in [4.69, 9.17) is 4.98 Å². The van der Waals surface area contributed by atoms with E-state index in [0.717, 1.165) is 27.7 Å². The molecule has 2 unspecified atom stereocenters. The minimum Gasteiger partial charge on any atom is -0.465 e. The van der Waals surface area contributed by atoms with Crippen molar-refractivity contribution in [2.45, 2.75) is 31.8 Å². The predicted octanol–water partition coefficient (Wildman–Crippen LogP) is 4.20. The number of hydrogen-bond acceptors (Lipinski definition) is 5. The summed E-state index contributed by atoms with van der Waals surface area (Å²) in [6.45, 7) is 2.27. The lowest BCUT2D eigenvalue weighted by Gasteiger charge is -2.36. The van der Waals surface area contributed by atoms with Gasteiger partial charge < -0.3 is 10.0 Å². The van der Waals surface area contributed by atoms with Crippen LogP contribution in [0.5, 0.6) is 0 Å². The molecule has 5 aromatic rings. The van der Waals surface area contributed by atoms with Crippen molar-refractivity contribution >= 4 is 39.1 Å². The van der Waals surface area contributed by atoms with E-state index in [1.54, 1.807) is 22.4 Å². The van der Waals surface area contributed by atoms with Crippen LogP contribution in [0.2, 0.25) is 0 Å². The molecule has 0 radical (unpaired) electrons. The van der Waals surface area contributed by atoms with Gasteiger partial charge in [-0.2, -0.15) is 0 Å². The first-order chi connectivity index (χ1) is 16.9. The number of nitrogens with zero attached hydrogens (tertiary/aromatic N) is 6. The number of piperidine rings is 1. The third-order valence-corrected chi connectivity index (χ3v) is 7.11. The highest BCUT2D eigenvalue weighted by molar-refractivity contribution is 6.00. The highest BCUT2D eigenvalue weighted by Crippen LogP contribution is 2.32. The number of carboxylic acid groups (broad SMARTS) is 1. The van der Waals surface area contributed by atoms with Crippen LogP contribution in [0.1, 0.15) is 25.8 Å². The first kappa shape index (κ1) is 21.3. The molecule has 1 saturated heterocycles. The smallest absolute Gasteiger partial charge is 0.407 e. The van der Waals surface area contributed by atoms with Gasteiger partial charge in [0.15, 0.2) is 0 Å². The maximum absolute atomic E-state index is 13.4. The van der Waals surface area contributed by atoms with Crippen LogP contribution in [0.4, 0.5) is 4.79 Å². The van der Waals surface area contributed by atoms with Gasteiger partial charge in [0.2, 0.25) is 0 Å². The van der Waals surface area contributed by atoms with Gasteiger partial charge >= 0.3 is 11.8 Å². The molecule has 6 rings (SSSR count). The van der Waals surface area contributed by atoms with Crippen molar-refractivity contribution in [2.24, 2.45) is 7.05 Å². The molecule has 1 aromatic carbocycles. The molecule has 1 aliphatic rings. The van der Waals surface area contributed by atoms with Crippen molar-refractivity contribution in [3.8, 4) is 11.3 Å². The van der Waals surface area contributed by atoms with Crippen molar-refractivity contribution in [3.63, 3.8) is 0 Å². The zero-order chi connectivity index (χ0) is 24.3. The van der Waals surface area contributed by atoms with E-state index in [1.165, 1.54) is 4.90 Å². The third-order valence-electron chi connectivity index (χ3n) is 7.11.